The predicted octanol–water partition coefficient (Wildman–Crippen LogP) is 3.51. The summed E-state index contributed by atoms with van der Waals surface area (Å²) in [6.07, 6.45) is 2.46. The van der Waals surface area contributed by atoms with Crippen LogP contribution in [0.15, 0.2) is 41.8 Å². The summed E-state index contributed by atoms with van der Waals surface area (Å²) < 4.78 is 18.0. The van der Waals surface area contributed by atoms with E-state index in [0.29, 0.717) is 6.04 Å². The summed E-state index contributed by atoms with van der Waals surface area (Å²) in [6, 6.07) is 11.6. The van der Waals surface area contributed by atoms with Crippen LogP contribution >= 0.6 is 23.6 Å². The lowest BCUT2D eigenvalue weighted by Crippen LogP contribution is -3.11. The fourth-order valence-electron chi connectivity index (χ4n) is 3.29. The lowest BCUT2D eigenvalue weighted by Gasteiger charge is -2.19. The highest BCUT2D eigenvalue weighted by Crippen LogP contribution is 2.23. The van der Waals surface area contributed by atoms with Crippen molar-refractivity contribution in [3.63, 3.8) is 0 Å². The van der Waals surface area contributed by atoms with E-state index in [-0.39, 0.29) is 5.82 Å². The topological polar surface area (TPSA) is 27.2 Å². The van der Waals surface area contributed by atoms with Gasteiger partial charge in [-0.25, -0.2) is 4.39 Å². The van der Waals surface area contributed by atoms with Gasteiger partial charge in [-0.05, 0) is 42.7 Å². The Morgan fingerprint density at radius 2 is 2.04 bits per heavy atom. The molecule has 1 unspecified atom stereocenters. The fourth-order valence-corrected chi connectivity index (χ4v) is 4.33. The van der Waals surface area contributed by atoms with Gasteiger partial charge in [0, 0.05) is 24.9 Å². The molecule has 2 aromatic heterocycles. The number of aromatic nitrogens is 3. The van der Waals surface area contributed by atoms with Gasteiger partial charge in [-0.15, -0.1) is 16.4 Å². The minimum atomic E-state index is -0.189. The summed E-state index contributed by atoms with van der Waals surface area (Å²) in [5, 5.41) is 6.90. The third-order valence-corrected chi connectivity index (χ3v) is 6.13. The molecule has 0 radical (unpaired) electrons. The normalized spacial score (nSPS) is 15.3. The van der Waals surface area contributed by atoms with E-state index in [0.717, 1.165) is 40.8 Å². The molecule has 136 valence electrons. The van der Waals surface area contributed by atoms with Crippen LogP contribution in [-0.4, -0.2) is 20.4 Å². The Morgan fingerprint density at radius 1 is 1.27 bits per heavy atom. The highest BCUT2D eigenvalue weighted by Gasteiger charge is 2.34. The molecule has 3 aromatic rings. The van der Waals surface area contributed by atoms with Gasteiger partial charge >= 0.3 is 0 Å². The monoisotopic (exact) mass is 389 g/mol. The molecule has 0 aliphatic heterocycles. The summed E-state index contributed by atoms with van der Waals surface area (Å²) in [7, 11) is 0. The van der Waals surface area contributed by atoms with Gasteiger partial charge in [0.1, 0.15) is 12.4 Å². The smallest absolute Gasteiger partial charge is 0.203 e. The van der Waals surface area contributed by atoms with E-state index in [4.69, 9.17) is 17.3 Å². The van der Waals surface area contributed by atoms with E-state index >= 15 is 0 Å². The molecule has 0 saturated heterocycles. The quantitative estimate of drug-likeness (QED) is 0.626. The largest absolute Gasteiger partial charge is 0.310 e. The molecule has 1 aromatic carbocycles. The zero-order valence-corrected chi connectivity index (χ0v) is 16.3. The maximum absolute atomic E-state index is 13.2. The van der Waals surface area contributed by atoms with Crippen LogP contribution in [0.3, 0.4) is 0 Å². The van der Waals surface area contributed by atoms with Crippen LogP contribution in [0.4, 0.5) is 4.39 Å². The number of nitrogens with one attached hydrogen (secondary N) is 1. The number of benzene rings is 1. The molecule has 1 N–H and O–H groups in total. The van der Waals surface area contributed by atoms with Crippen LogP contribution in [0.5, 0.6) is 0 Å². The Bertz CT molecular complexity index is 924. The molecule has 1 aliphatic carbocycles. The summed E-state index contributed by atoms with van der Waals surface area (Å²) in [6.45, 7) is 4.51. The second kappa shape index (κ2) is 7.42. The van der Waals surface area contributed by atoms with Crippen LogP contribution in [0.2, 0.25) is 0 Å². The second-order valence-corrected chi connectivity index (χ2v) is 8.03. The van der Waals surface area contributed by atoms with E-state index in [9.17, 15) is 4.39 Å². The molecule has 1 atom stereocenters. The van der Waals surface area contributed by atoms with Gasteiger partial charge in [0.15, 0.2) is 12.5 Å². The number of nitrogens with zero attached hydrogens (tertiary/aromatic N) is 3. The molecule has 26 heavy (non-hydrogen) atoms. The van der Waals surface area contributed by atoms with Crippen molar-refractivity contribution in [2.24, 2.45) is 0 Å². The van der Waals surface area contributed by atoms with Gasteiger partial charge < -0.3 is 4.90 Å². The van der Waals surface area contributed by atoms with Crippen molar-refractivity contribution in [2.45, 2.75) is 45.6 Å². The Morgan fingerprint density at radius 3 is 2.65 bits per heavy atom. The Labute approximate surface area is 161 Å². The van der Waals surface area contributed by atoms with Crippen LogP contribution in [0, 0.1) is 10.6 Å². The van der Waals surface area contributed by atoms with E-state index in [1.165, 1.54) is 29.9 Å². The Hall–Kier alpha value is -1.83. The predicted molar refractivity (Wildman–Crippen MR) is 104 cm³/mol. The SMILES string of the molecule is CCn1c(-c2cccs2)nn(C[NH+](Cc2ccc(F)cc2)C2CC2)c1=S. The van der Waals surface area contributed by atoms with Crippen molar-refractivity contribution in [1.82, 2.24) is 14.3 Å². The molecule has 0 amide bonds. The number of halogens is 1. The highest BCUT2D eigenvalue weighted by atomic mass is 32.1. The van der Waals surface area contributed by atoms with Gasteiger partial charge in [0.2, 0.25) is 4.77 Å². The molecule has 4 rings (SSSR count). The van der Waals surface area contributed by atoms with E-state index in [2.05, 4.69) is 22.9 Å². The van der Waals surface area contributed by atoms with Crippen molar-refractivity contribution >= 4 is 23.6 Å². The van der Waals surface area contributed by atoms with Crippen LogP contribution in [0.25, 0.3) is 10.7 Å². The number of hydrogen-bond donors (Lipinski definition) is 1. The van der Waals surface area contributed by atoms with Gasteiger partial charge in [-0.1, -0.05) is 18.2 Å². The molecule has 4 nitrogen and oxygen atoms in total. The molecule has 1 saturated carbocycles. The first-order chi connectivity index (χ1) is 12.7. The van der Waals surface area contributed by atoms with Crippen molar-refractivity contribution < 1.29 is 9.29 Å². The molecular formula is C19H22FN4S2+. The zero-order chi connectivity index (χ0) is 18.1. The third kappa shape index (κ3) is 3.65. The standard InChI is InChI=1S/C19H21FN4S2/c1-2-23-18(17-4-3-11-26-17)21-24(19(23)25)13-22(16-9-10-16)12-14-5-7-15(20)8-6-14/h3-8,11,16H,2,9-10,12-13H2,1H3/p+1. The van der Waals surface area contributed by atoms with Crippen molar-refractivity contribution in [1.29, 1.82) is 0 Å². The van der Waals surface area contributed by atoms with Gasteiger partial charge in [0.25, 0.3) is 0 Å². The second-order valence-electron chi connectivity index (χ2n) is 6.72. The molecular weight excluding hydrogens is 367 g/mol. The van der Waals surface area contributed by atoms with E-state index in [1.54, 1.807) is 11.3 Å². The first kappa shape index (κ1) is 17.6. The maximum Gasteiger partial charge on any atom is 0.203 e. The molecule has 7 heteroatoms. The van der Waals surface area contributed by atoms with Crippen LogP contribution in [0.1, 0.15) is 25.3 Å². The zero-order valence-electron chi connectivity index (χ0n) is 14.7. The van der Waals surface area contributed by atoms with Gasteiger partial charge in [0.05, 0.1) is 10.9 Å². The average Bonchev–Trinajstić information content (AvgIpc) is 3.25. The summed E-state index contributed by atoms with van der Waals surface area (Å²) in [5.41, 5.74) is 1.15. The first-order valence-electron chi connectivity index (χ1n) is 8.96. The minimum absolute atomic E-state index is 0.189. The van der Waals surface area contributed by atoms with Crippen LogP contribution in [-0.2, 0) is 19.8 Å². The van der Waals surface area contributed by atoms with Gasteiger partial charge in [-0.3, -0.25) is 4.57 Å². The summed E-state index contributed by atoms with van der Waals surface area (Å²) >= 11 is 7.38. The van der Waals surface area contributed by atoms with Gasteiger partial charge in [-0.2, -0.15) is 4.68 Å². The lowest BCUT2D eigenvalue weighted by atomic mass is 10.2. The fraction of sp³-hybridized carbons (Fsp3) is 0.368. The molecule has 1 fully saturated rings. The summed E-state index contributed by atoms with van der Waals surface area (Å²) in [5.74, 6) is 0.760. The van der Waals surface area contributed by atoms with Crippen molar-refractivity contribution in [3.05, 3.63) is 57.9 Å². The number of hydrogen-bond acceptors (Lipinski definition) is 3. The summed E-state index contributed by atoms with van der Waals surface area (Å²) in [4.78, 5) is 2.58. The number of quaternary nitrogens is 1. The Kier molecular flexibility index (Phi) is 5.02. The number of rotatable bonds is 7. The average molecular weight is 390 g/mol. The number of thiophene rings is 1. The first-order valence-corrected chi connectivity index (χ1v) is 10.2. The van der Waals surface area contributed by atoms with Crippen molar-refractivity contribution in [2.75, 3.05) is 0 Å². The molecule has 0 spiro atoms. The van der Waals surface area contributed by atoms with E-state index in [1.807, 2.05) is 22.9 Å². The highest BCUT2D eigenvalue weighted by molar-refractivity contribution is 7.71. The lowest BCUT2D eigenvalue weighted by molar-refractivity contribution is -0.947. The van der Waals surface area contributed by atoms with Crippen molar-refractivity contribution in [3.8, 4) is 10.7 Å². The molecule has 1 aliphatic rings. The minimum Gasteiger partial charge on any atom is -0.310 e. The molecule has 2 heterocycles. The third-order valence-electron chi connectivity index (χ3n) is 4.83. The Balaban J connectivity index is 1.60. The van der Waals surface area contributed by atoms with E-state index < -0.39 is 0 Å². The molecule has 0 bridgehead atoms. The maximum atomic E-state index is 13.2. The van der Waals surface area contributed by atoms with Crippen LogP contribution < -0.4 is 4.90 Å².